The first kappa shape index (κ1) is 12.2. The smallest absolute Gasteiger partial charge is 0.307 e. The fourth-order valence-corrected chi connectivity index (χ4v) is 1.32. The van der Waals surface area contributed by atoms with Crippen molar-refractivity contribution in [2.24, 2.45) is 0 Å². The predicted molar refractivity (Wildman–Crippen MR) is 63.2 cm³/mol. The van der Waals surface area contributed by atoms with Gasteiger partial charge in [-0.3, -0.25) is 4.79 Å². The zero-order valence-electron chi connectivity index (χ0n) is 9.32. The Bertz CT molecular complexity index is 529. The molecule has 1 aromatic carbocycles. The molecule has 0 saturated carbocycles. The van der Waals surface area contributed by atoms with Gasteiger partial charge in [-0.15, -0.1) is 0 Å². The van der Waals surface area contributed by atoms with Crippen molar-refractivity contribution in [3.63, 3.8) is 0 Å². The molecule has 1 aromatic heterocycles. The van der Waals surface area contributed by atoms with E-state index in [-0.39, 0.29) is 5.82 Å². The molecule has 2 aromatic rings. The summed E-state index contributed by atoms with van der Waals surface area (Å²) in [7, 11) is 0. The van der Waals surface area contributed by atoms with Gasteiger partial charge in [0.1, 0.15) is 0 Å². The number of hydrogen-bond donors (Lipinski definition) is 3. The zero-order valence-corrected chi connectivity index (χ0v) is 9.32. The van der Waals surface area contributed by atoms with Gasteiger partial charge in [-0.05, 0) is 18.2 Å². The highest BCUT2D eigenvalue weighted by atomic mass is 16.5. The van der Waals surface area contributed by atoms with Gasteiger partial charge in [0.15, 0.2) is 5.82 Å². The van der Waals surface area contributed by atoms with Crippen molar-refractivity contribution in [3.05, 3.63) is 54.6 Å². The van der Waals surface area contributed by atoms with Gasteiger partial charge in [0.2, 0.25) is 0 Å². The Hall–Kier alpha value is -2.31. The van der Waals surface area contributed by atoms with E-state index in [4.69, 9.17) is 0 Å². The Balaban J connectivity index is 2.18. The Morgan fingerprint density at radius 2 is 1.67 bits per heavy atom. The van der Waals surface area contributed by atoms with E-state index in [0.29, 0.717) is 5.69 Å². The monoisotopic (exact) mass is 245 g/mol. The zero-order chi connectivity index (χ0) is 13.0. The molecule has 92 valence electrons. The summed E-state index contributed by atoms with van der Waals surface area (Å²) in [6.07, 6.45) is 2.64. The first-order chi connectivity index (χ1) is 8.60. The van der Waals surface area contributed by atoms with Gasteiger partial charge in [0, 0.05) is 18.1 Å². The normalized spacial score (nSPS) is 11.0. The van der Waals surface area contributed by atoms with Crippen LogP contribution in [0.15, 0.2) is 48.8 Å². The number of carbonyl (C=O) groups excluding carboxylic acids is 1. The van der Waals surface area contributed by atoms with Gasteiger partial charge in [-0.1, -0.05) is 18.2 Å². The quantitative estimate of drug-likeness (QED) is 0.674. The van der Waals surface area contributed by atoms with Gasteiger partial charge >= 0.3 is 5.79 Å². The lowest BCUT2D eigenvalue weighted by atomic mass is 10.2. The number of aromatic nitrogens is 2. The van der Waals surface area contributed by atoms with Gasteiger partial charge in [-0.25, -0.2) is 9.97 Å². The molecule has 0 spiro atoms. The van der Waals surface area contributed by atoms with Crippen LogP contribution in [0.25, 0.3) is 0 Å². The highest BCUT2D eigenvalue weighted by molar-refractivity contribution is 5.95. The summed E-state index contributed by atoms with van der Waals surface area (Å²) in [6, 6.07) is 9.96. The van der Waals surface area contributed by atoms with Gasteiger partial charge < -0.3 is 15.5 Å². The fourth-order valence-electron chi connectivity index (χ4n) is 1.32. The van der Waals surface area contributed by atoms with Crippen molar-refractivity contribution >= 4 is 11.6 Å². The van der Waals surface area contributed by atoms with Crippen LogP contribution in [0.1, 0.15) is 5.82 Å². The average Bonchev–Trinajstić information content (AvgIpc) is 2.41. The first-order valence-electron chi connectivity index (χ1n) is 5.19. The molecule has 0 saturated heterocycles. The number of hydrogen-bond acceptors (Lipinski definition) is 5. The molecule has 3 N–H and O–H groups in total. The molecular weight excluding hydrogens is 234 g/mol. The summed E-state index contributed by atoms with van der Waals surface area (Å²) >= 11 is 0. The van der Waals surface area contributed by atoms with Gasteiger partial charge in [0.05, 0.1) is 0 Å². The lowest BCUT2D eigenvalue weighted by Gasteiger charge is -2.18. The fraction of sp³-hybridized carbons (Fsp3) is 0.0833. The Kier molecular flexibility index (Phi) is 3.31. The minimum atomic E-state index is -2.77. The molecule has 6 nitrogen and oxygen atoms in total. The molecule has 2 rings (SSSR count). The van der Waals surface area contributed by atoms with E-state index in [1.54, 1.807) is 30.3 Å². The maximum absolute atomic E-state index is 11.7. The second kappa shape index (κ2) is 4.91. The lowest BCUT2D eigenvalue weighted by Crippen LogP contribution is -2.41. The van der Waals surface area contributed by atoms with Crippen LogP contribution in [0.4, 0.5) is 5.69 Å². The second-order valence-electron chi connectivity index (χ2n) is 3.56. The van der Waals surface area contributed by atoms with Crippen molar-refractivity contribution in [2.45, 2.75) is 5.79 Å². The van der Waals surface area contributed by atoms with E-state index in [1.165, 1.54) is 18.5 Å². The number of rotatable bonds is 3. The summed E-state index contributed by atoms with van der Waals surface area (Å²) in [4.78, 5) is 19.0. The van der Waals surface area contributed by atoms with Gasteiger partial charge in [0.25, 0.3) is 5.91 Å². The van der Waals surface area contributed by atoms with Crippen LogP contribution in [-0.2, 0) is 10.6 Å². The van der Waals surface area contributed by atoms with Gasteiger partial charge in [-0.2, -0.15) is 0 Å². The van der Waals surface area contributed by atoms with E-state index in [2.05, 4.69) is 15.3 Å². The summed E-state index contributed by atoms with van der Waals surface area (Å²) in [5.41, 5.74) is 0.450. The van der Waals surface area contributed by atoms with Crippen LogP contribution in [0.2, 0.25) is 0 Å². The molecule has 0 radical (unpaired) electrons. The molecule has 18 heavy (non-hydrogen) atoms. The van der Waals surface area contributed by atoms with Crippen LogP contribution in [0.5, 0.6) is 0 Å². The molecule has 0 atom stereocenters. The molecule has 0 aliphatic rings. The van der Waals surface area contributed by atoms with Crippen LogP contribution in [0.3, 0.4) is 0 Å². The molecule has 0 bridgehead atoms. The number of nitrogens with one attached hydrogen (secondary N) is 1. The SMILES string of the molecule is O=C(Nc1ccccc1)C(O)(O)c1ncccn1. The predicted octanol–water partition coefficient (Wildman–Crippen LogP) is 0.253. The third kappa shape index (κ3) is 2.50. The third-order valence-corrected chi connectivity index (χ3v) is 2.23. The van der Waals surface area contributed by atoms with Crippen molar-refractivity contribution in [2.75, 3.05) is 5.32 Å². The number of nitrogens with zero attached hydrogens (tertiary/aromatic N) is 2. The lowest BCUT2D eigenvalue weighted by molar-refractivity contribution is -0.187. The minimum Gasteiger partial charge on any atom is -0.352 e. The molecule has 0 aliphatic heterocycles. The van der Waals surface area contributed by atoms with Crippen LogP contribution < -0.4 is 5.32 Å². The topological polar surface area (TPSA) is 95.3 Å². The maximum Gasteiger partial charge on any atom is 0.307 e. The van der Waals surface area contributed by atoms with E-state index in [9.17, 15) is 15.0 Å². The number of para-hydroxylation sites is 1. The van der Waals surface area contributed by atoms with Crippen LogP contribution >= 0.6 is 0 Å². The molecule has 1 heterocycles. The maximum atomic E-state index is 11.7. The number of amides is 1. The average molecular weight is 245 g/mol. The molecule has 0 fully saturated rings. The summed E-state index contributed by atoms with van der Waals surface area (Å²) in [6.45, 7) is 0. The van der Waals surface area contributed by atoms with Crippen molar-refractivity contribution in [3.8, 4) is 0 Å². The van der Waals surface area contributed by atoms with E-state index < -0.39 is 11.7 Å². The van der Waals surface area contributed by atoms with Crippen LogP contribution in [0, 0.1) is 0 Å². The van der Waals surface area contributed by atoms with E-state index in [0.717, 1.165) is 0 Å². The summed E-state index contributed by atoms with van der Waals surface area (Å²) < 4.78 is 0. The number of benzene rings is 1. The number of anilines is 1. The standard InChI is InChI=1S/C12H11N3O3/c16-11(15-9-5-2-1-3-6-9)12(17,18)10-13-7-4-8-14-10/h1-8,17-18H,(H,15,16). The summed E-state index contributed by atoms with van der Waals surface area (Å²) in [5, 5.41) is 21.8. The van der Waals surface area contributed by atoms with Crippen molar-refractivity contribution in [1.82, 2.24) is 9.97 Å². The van der Waals surface area contributed by atoms with E-state index >= 15 is 0 Å². The molecular formula is C12H11N3O3. The minimum absolute atomic E-state index is 0.376. The first-order valence-corrected chi connectivity index (χ1v) is 5.19. The largest absolute Gasteiger partial charge is 0.352 e. The highest BCUT2D eigenvalue weighted by Gasteiger charge is 2.38. The summed E-state index contributed by atoms with van der Waals surface area (Å²) in [5.74, 6) is -4.16. The Labute approximate surface area is 103 Å². The molecule has 0 unspecified atom stereocenters. The number of aliphatic hydroxyl groups is 2. The van der Waals surface area contributed by atoms with Crippen molar-refractivity contribution in [1.29, 1.82) is 0 Å². The second-order valence-corrected chi connectivity index (χ2v) is 3.56. The van der Waals surface area contributed by atoms with E-state index in [1.807, 2.05) is 0 Å². The Morgan fingerprint density at radius 3 is 2.28 bits per heavy atom. The molecule has 6 heteroatoms. The van der Waals surface area contributed by atoms with Crippen LogP contribution in [-0.4, -0.2) is 26.1 Å². The molecule has 0 aliphatic carbocycles. The van der Waals surface area contributed by atoms with Crippen molar-refractivity contribution < 1.29 is 15.0 Å². The highest BCUT2D eigenvalue weighted by Crippen LogP contribution is 2.16. The third-order valence-electron chi connectivity index (χ3n) is 2.23. The Morgan fingerprint density at radius 1 is 1.06 bits per heavy atom. The molecule has 1 amide bonds. The number of carbonyl (C=O) groups is 1.